The Morgan fingerprint density at radius 2 is 1.57 bits per heavy atom. The van der Waals surface area contributed by atoms with Crippen LogP contribution in [0.4, 0.5) is 0 Å². The number of carbonyl (C=O) groups is 1. The quantitative estimate of drug-likeness (QED) is 0.388. The predicted molar refractivity (Wildman–Crippen MR) is 94.8 cm³/mol. The van der Waals surface area contributed by atoms with E-state index in [1.807, 2.05) is 47.2 Å². The van der Waals surface area contributed by atoms with E-state index in [2.05, 4.69) is 22.0 Å². The molecule has 0 aliphatic heterocycles. The monoisotopic (exact) mass is 372 g/mol. The van der Waals surface area contributed by atoms with Gasteiger partial charge in [0.1, 0.15) is 0 Å². The largest absolute Gasteiger partial charge is 0.289 e. The van der Waals surface area contributed by atoms with Gasteiger partial charge in [0.25, 0.3) is 0 Å². The van der Waals surface area contributed by atoms with Crippen LogP contribution in [-0.2, 0) is 0 Å². The van der Waals surface area contributed by atoms with E-state index in [4.69, 9.17) is 0 Å². The fourth-order valence-corrected chi connectivity index (χ4v) is 5.04. The van der Waals surface area contributed by atoms with Gasteiger partial charge in [-0.1, -0.05) is 30.3 Å². The van der Waals surface area contributed by atoms with Gasteiger partial charge in [-0.25, -0.2) is 0 Å². The second kappa shape index (κ2) is 5.05. The summed E-state index contributed by atoms with van der Waals surface area (Å²) in [5.41, 5.74) is 1.59. The topological polar surface area (TPSA) is 17.1 Å². The minimum atomic E-state index is 0.108. The van der Waals surface area contributed by atoms with Gasteiger partial charge >= 0.3 is 0 Å². The Kier molecular flexibility index (Phi) is 3.17. The fraction of sp³-hybridized carbons (Fsp3) is 0. The molecule has 0 spiro atoms. The van der Waals surface area contributed by atoms with Gasteiger partial charge in [-0.2, -0.15) is 0 Å². The summed E-state index contributed by atoms with van der Waals surface area (Å²) in [6, 6.07) is 14.0. The molecule has 0 aliphatic carbocycles. The molecule has 4 rings (SSSR count). The molecule has 0 aliphatic rings. The number of halogens is 1. The molecular formula is C17H9BrOS2. The van der Waals surface area contributed by atoms with Crippen LogP contribution < -0.4 is 0 Å². The standard InChI is InChI=1S/C17H9BrOS2/c18-14-6-3-5-11-13(9-21-17(11)14)16(19)12-8-20-15-7-2-1-4-10(12)15/h1-9H. The van der Waals surface area contributed by atoms with E-state index >= 15 is 0 Å². The van der Waals surface area contributed by atoms with Gasteiger partial charge in [0.15, 0.2) is 5.78 Å². The van der Waals surface area contributed by atoms with Gasteiger partial charge in [-0.3, -0.25) is 4.79 Å². The first-order chi connectivity index (χ1) is 10.3. The highest BCUT2D eigenvalue weighted by Gasteiger charge is 2.18. The normalized spacial score (nSPS) is 11.3. The van der Waals surface area contributed by atoms with Crippen LogP contribution in [0.5, 0.6) is 0 Å². The highest BCUT2D eigenvalue weighted by molar-refractivity contribution is 9.10. The van der Waals surface area contributed by atoms with E-state index in [1.165, 1.54) is 0 Å². The van der Waals surface area contributed by atoms with Gasteiger partial charge in [0.2, 0.25) is 0 Å². The van der Waals surface area contributed by atoms with Crippen LogP contribution in [0.2, 0.25) is 0 Å². The Labute approximate surface area is 138 Å². The number of thiophene rings is 2. The third kappa shape index (κ3) is 2.06. The van der Waals surface area contributed by atoms with Crippen LogP contribution in [0.1, 0.15) is 15.9 Å². The van der Waals surface area contributed by atoms with Gasteiger partial charge in [-0.05, 0) is 28.1 Å². The van der Waals surface area contributed by atoms with Crippen molar-refractivity contribution < 1.29 is 4.79 Å². The maximum atomic E-state index is 12.9. The summed E-state index contributed by atoms with van der Waals surface area (Å²) in [6.07, 6.45) is 0. The molecule has 0 unspecified atom stereocenters. The van der Waals surface area contributed by atoms with E-state index in [0.29, 0.717) is 0 Å². The summed E-state index contributed by atoms with van der Waals surface area (Å²) >= 11 is 6.78. The number of ketones is 1. The lowest BCUT2D eigenvalue weighted by Crippen LogP contribution is -1.98. The van der Waals surface area contributed by atoms with Crippen molar-refractivity contribution in [2.45, 2.75) is 0 Å². The predicted octanol–water partition coefficient (Wildman–Crippen LogP) is 6.11. The molecule has 0 N–H and O–H groups in total. The average molecular weight is 373 g/mol. The zero-order valence-corrected chi connectivity index (χ0v) is 14.0. The van der Waals surface area contributed by atoms with Crippen LogP contribution >= 0.6 is 38.6 Å². The lowest BCUT2D eigenvalue weighted by Gasteiger charge is -1.99. The number of benzene rings is 2. The summed E-state index contributed by atoms with van der Waals surface area (Å²) in [4.78, 5) is 12.9. The summed E-state index contributed by atoms with van der Waals surface area (Å²) in [6.45, 7) is 0. The SMILES string of the molecule is O=C(c1csc2ccccc12)c1csc2c(Br)cccc12. The second-order valence-corrected chi connectivity index (χ2v) is 7.39. The number of hydrogen-bond donors (Lipinski definition) is 0. The molecule has 0 atom stereocenters. The van der Waals surface area contributed by atoms with Crippen molar-refractivity contribution in [3.63, 3.8) is 0 Å². The van der Waals surface area contributed by atoms with Crippen LogP contribution in [0.3, 0.4) is 0 Å². The summed E-state index contributed by atoms with van der Waals surface area (Å²) in [7, 11) is 0. The zero-order valence-electron chi connectivity index (χ0n) is 10.8. The van der Waals surface area contributed by atoms with Crippen LogP contribution in [0.15, 0.2) is 57.7 Å². The van der Waals surface area contributed by atoms with Gasteiger partial charge in [-0.15, -0.1) is 22.7 Å². The van der Waals surface area contributed by atoms with E-state index in [1.54, 1.807) is 22.7 Å². The van der Waals surface area contributed by atoms with E-state index in [9.17, 15) is 4.79 Å². The molecule has 0 radical (unpaired) electrons. The Balaban J connectivity index is 1.93. The van der Waals surface area contributed by atoms with Crippen molar-refractivity contribution in [2.75, 3.05) is 0 Å². The molecule has 1 nitrogen and oxygen atoms in total. The molecule has 0 fully saturated rings. The third-order valence-corrected chi connectivity index (χ3v) is 6.44. The Morgan fingerprint density at radius 1 is 0.857 bits per heavy atom. The highest BCUT2D eigenvalue weighted by atomic mass is 79.9. The first-order valence-corrected chi connectivity index (χ1v) is 8.97. The fourth-order valence-electron chi connectivity index (χ4n) is 2.50. The number of fused-ring (bicyclic) bond motifs is 2. The van der Waals surface area contributed by atoms with E-state index in [-0.39, 0.29) is 5.78 Å². The number of carbonyl (C=O) groups excluding carboxylic acids is 1. The molecule has 2 heterocycles. The Morgan fingerprint density at radius 3 is 2.48 bits per heavy atom. The molecule has 2 aromatic carbocycles. The molecule has 4 aromatic rings. The average Bonchev–Trinajstić information content (AvgIpc) is 3.11. The van der Waals surface area contributed by atoms with Crippen LogP contribution in [0, 0.1) is 0 Å². The minimum Gasteiger partial charge on any atom is -0.289 e. The van der Waals surface area contributed by atoms with E-state index < -0.39 is 0 Å². The smallest absolute Gasteiger partial charge is 0.195 e. The van der Waals surface area contributed by atoms with Crippen molar-refractivity contribution in [1.82, 2.24) is 0 Å². The van der Waals surface area contributed by atoms with E-state index in [0.717, 1.165) is 35.8 Å². The molecule has 0 saturated heterocycles. The first-order valence-electron chi connectivity index (χ1n) is 6.42. The number of rotatable bonds is 2. The lowest BCUT2D eigenvalue weighted by atomic mass is 10.0. The Bertz CT molecular complexity index is 981. The summed E-state index contributed by atoms with van der Waals surface area (Å²) in [5, 5.41) is 6.00. The molecule has 0 saturated carbocycles. The number of hydrogen-bond acceptors (Lipinski definition) is 3. The maximum absolute atomic E-state index is 12.9. The maximum Gasteiger partial charge on any atom is 0.195 e. The molecule has 21 heavy (non-hydrogen) atoms. The van der Waals surface area contributed by atoms with Crippen LogP contribution in [-0.4, -0.2) is 5.78 Å². The van der Waals surface area contributed by atoms with Crippen molar-refractivity contribution in [1.29, 1.82) is 0 Å². The van der Waals surface area contributed by atoms with Gasteiger partial charge in [0, 0.05) is 46.5 Å². The molecule has 0 amide bonds. The van der Waals surface area contributed by atoms with Crippen molar-refractivity contribution >= 4 is 64.6 Å². The third-order valence-electron chi connectivity index (χ3n) is 3.52. The van der Waals surface area contributed by atoms with Crippen molar-refractivity contribution in [3.8, 4) is 0 Å². The zero-order chi connectivity index (χ0) is 14.4. The van der Waals surface area contributed by atoms with Gasteiger partial charge in [0.05, 0.1) is 0 Å². The summed E-state index contributed by atoms with van der Waals surface area (Å²) < 4.78 is 3.32. The van der Waals surface area contributed by atoms with Crippen LogP contribution in [0.25, 0.3) is 20.2 Å². The van der Waals surface area contributed by atoms with Crippen molar-refractivity contribution in [3.05, 3.63) is 68.8 Å². The molecule has 0 bridgehead atoms. The molecular weight excluding hydrogens is 364 g/mol. The highest BCUT2D eigenvalue weighted by Crippen LogP contribution is 2.35. The summed E-state index contributed by atoms with van der Waals surface area (Å²) in [5.74, 6) is 0.108. The van der Waals surface area contributed by atoms with Crippen molar-refractivity contribution in [2.24, 2.45) is 0 Å². The first kappa shape index (κ1) is 13.2. The molecule has 2 aromatic heterocycles. The Hall–Kier alpha value is -1.49. The van der Waals surface area contributed by atoms with Gasteiger partial charge < -0.3 is 0 Å². The second-order valence-electron chi connectivity index (χ2n) is 4.74. The minimum absolute atomic E-state index is 0.108. The lowest BCUT2D eigenvalue weighted by molar-refractivity contribution is 0.104. The molecule has 4 heteroatoms. The molecule has 102 valence electrons.